The van der Waals surface area contributed by atoms with Crippen LogP contribution >= 0.6 is 0 Å². The van der Waals surface area contributed by atoms with Gasteiger partial charge in [-0.3, -0.25) is 4.68 Å². The van der Waals surface area contributed by atoms with Gasteiger partial charge < -0.3 is 5.32 Å². The van der Waals surface area contributed by atoms with E-state index >= 15 is 0 Å². The van der Waals surface area contributed by atoms with Gasteiger partial charge >= 0.3 is 0 Å². The zero-order valence-corrected chi connectivity index (χ0v) is 7.79. The van der Waals surface area contributed by atoms with E-state index in [1.807, 2.05) is 21.0 Å². The summed E-state index contributed by atoms with van der Waals surface area (Å²) in [6, 6.07) is 0. The summed E-state index contributed by atoms with van der Waals surface area (Å²) >= 11 is 0. The Morgan fingerprint density at radius 2 is 2.17 bits per heavy atom. The van der Waals surface area contributed by atoms with Crippen LogP contribution in [0, 0.1) is 6.92 Å². The van der Waals surface area contributed by atoms with Crippen molar-refractivity contribution in [2.24, 2.45) is 17.3 Å². The fourth-order valence-corrected chi connectivity index (χ4v) is 0.985. The maximum atomic E-state index is 4.20. The normalized spacial score (nSPS) is 11.0. The third-order valence-corrected chi connectivity index (χ3v) is 1.74. The van der Waals surface area contributed by atoms with Gasteiger partial charge in [0.25, 0.3) is 0 Å². The minimum Gasteiger partial charge on any atom is -0.370 e. The first-order chi connectivity index (χ1) is 5.70. The molecule has 66 valence electrons. The molecule has 0 aliphatic rings. The zero-order chi connectivity index (χ0) is 9.14. The highest BCUT2D eigenvalue weighted by atomic mass is 15.3. The molecule has 0 atom stereocenters. The van der Waals surface area contributed by atoms with Gasteiger partial charge in [-0.25, -0.2) is 0 Å². The van der Waals surface area contributed by atoms with Crippen LogP contribution in [-0.2, 0) is 7.05 Å². The Kier molecular flexibility index (Phi) is 2.42. The van der Waals surface area contributed by atoms with Gasteiger partial charge in [0.1, 0.15) is 5.69 Å². The maximum Gasteiger partial charge on any atom is 0.175 e. The number of azo groups is 1. The lowest BCUT2D eigenvalue weighted by atomic mass is 10.4. The summed E-state index contributed by atoms with van der Waals surface area (Å²) in [6.07, 6.45) is 0. The molecule has 0 aliphatic carbocycles. The molecule has 1 rings (SSSR count). The van der Waals surface area contributed by atoms with Crippen molar-refractivity contribution in [2.45, 2.75) is 6.92 Å². The molecule has 0 fully saturated rings. The molecular weight excluding hydrogens is 154 g/mol. The molecule has 0 spiro atoms. The monoisotopic (exact) mass is 167 g/mol. The molecule has 12 heavy (non-hydrogen) atoms. The van der Waals surface area contributed by atoms with Crippen LogP contribution in [0.15, 0.2) is 10.2 Å². The molecule has 0 radical (unpaired) electrons. The van der Waals surface area contributed by atoms with Crippen molar-refractivity contribution in [1.82, 2.24) is 9.78 Å². The molecule has 0 bridgehead atoms. The van der Waals surface area contributed by atoms with Gasteiger partial charge in [-0.2, -0.15) is 15.3 Å². The van der Waals surface area contributed by atoms with Crippen molar-refractivity contribution >= 4 is 11.5 Å². The molecule has 5 nitrogen and oxygen atoms in total. The van der Waals surface area contributed by atoms with Gasteiger partial charge in [-0.1, -0.05) is 0 Å². The third kappa shape index (κ3) is 1.30. The Labute approximate surface area is 71.5 Å². The van der Waals surface area contributed by atoms with Crippen molar-refractivity contribution in [1.29, 1.82) is 0 Å². The number of hydrogen-bond acceptors (Lipinski definition) is 4. The Morgan fingerprint density at radius 1 is 1.50 bits per heavy atom. The van der Waals surface area contributed by atoms with Crippen molar-refractivity contribution in [2.75, 3.05) is 19.4 Å². The number of nitrogens with zero attached hydrogens (tertiary/aromatic N) is 4. The minimum absolute atomic E-state index is 0.764. The summed E-state index contributed by atoms with van der Waals surface area (Å²) in [7, 11) is 5.34. The van der Waals surface area contributed by atoms with Crippen LogP contribution in [0.1, 0.15) is 5.69 Å². The van der Waals surface area contributed by atoms with Crippen molar-refractivity contribution < 1.29 is 0 Å². The molecule has 0 aromatic carbocycles. The second-order valence-electron chi connectivity index (χ2n) is 2.46. The van der Waals surface area contributed by atoms with E-state index in [4.69, 9.17) is 0 Å². The molecule has 0 aliphatic heterocycles. The number of rotatable bonds is 2. The van der Waals surface area contributed by atoms with Crippen LogP contribution in [0.25, 0.3) is 0 Å². The molecule has 0 amide bonds. The van der Waals surface area contributed by atoms with Gasteiger partial charge in [0.05, 0.1) is 5.69 Å². The average Bonchev–Trinajstić information content (AvgIpc) is 2.33. The predicted molar refractivity (Wildman–Crippen MR) is 47.9 cm³/mol. The van der Waals surface area contributed by atoms with Crippen LogP contribution in [-0.4, -0.2) is 23.9 Å². The van der Waals surface area contributed by atoms with E-state index in [1.165, 1.54) is 0 Å². The van der Waals surface area contributed by atoms with Crippen LogP contribution in [0.5, 0.6) is 0 Å². The van der Waals surface area contributed by atoms with Crippen LogP contribution in [0.4, 0.5) is 11.5 Å². The van der Waals surface area contributed by atoms with Gasteiger partial charge in [-0.15, -0.1) is 0 Å². The number of nitrogens with one attached hydrogen (secondary N) is 1. The van der Waals surface area contributed by atoms with Crippen LogP contribution < -0.4 is 5.32 Å². The zero-order valence-electron chi connectivity index (χ0n) is 7.79. The highest BCUT2D eigenvalue weighted by Gasteiger charge is 2.09. The van der Waals surface area contributed by atoms with E-state index in [2.05, 4.69) is 20.6 Å². The summed E-state index contributed by atoms with van der Waals surface area (Å²) in [5.41, 5.74) is 1.81. The SMILES string of the molecule is CN=Nc1c(NC)nn(C)c1C. The molecule has 1 aromatic rings. The van der Waals surface area contributed by atoms with E-state index in [0.29, 0.717) is 0 Å². The van der Waals surface area contributed by atoms with E-state index < -0.39 is 0 Å². The Hall–Kier alpha value is -1.39. The maximum absolute atomic E-state index is 4.20. The van der Waals surface area contributed by atoms with Crippen molar-refractivity contribution in [3.63, 3.8) is 0 Å². The second kappa shape index (κ2) is 3.34. The summed E-state index contributed by atoms with van der Waals surface area (Å²) < 4.78 is 1.77. The largest absolute Gasteiger partial charge is 0.370 e. The molecule has 5 heteroatoms. The summed E-state index contributed by atoms with van der Waals surface area (Å²) in [6.45, 7) is 1.96. The van der Waals surface area contributed by atoms with E-state index in [-0.39, 0.29) is 0 Å². The highest BCUT2D eigenvalue weighted by molar-refractivity contribution is 5.62. The van der Waals surface area contributed by atoms with E-state index in [1.54, 1.807) is 11.7 Å². The molecule has 0 saturated heterocycles. The Bertz CT molecular complexity index is 299. The summed E-state index contributed by atoms with van der Waals surface area (Å²) in [5, 5.41) is 14.9. The lowest BCUT2D eigenvalue weighted by Gasteiger charge is -1.93. The number of hydrogen-bond donors (Lipinski definition) is 1. The van der Waals surface area contributed by atoms with Gasteiger partial charge in [-0.05, 0) is 6.92 Å². The van der Waals surface area contributed by atoms with Crippen LogP contribution in [0.2, 0.25) is 0 Å². The summed E-state index contributed by atoms with van der Waals surface area (Å²) in [5.74, 6) is 0.764. The lowest BCUT2D eigenvalue weighted by Crippen LogP contribution is -1.93. The fourth-order valence-electron chi connectivity index (χ4n) is 0.985. The molecule has 1 N–H and O–H groups in total. The first-order valence-corrected chi connectivity index (χ1v) is 3.72. The Morgan fingerprint density at radius 3 is 2.67 bits per heavy atom. The number of aryl methyl sites for hydroxylation is 1. The molecule has 1 aromatic heterocycles. The van der Waals surface area contributed by atoms with Crippen molar-refractivity contribution in [3.8, 4) is 0 Å². The first-order valence-electron chi connectivity index (χ1n) is 3.72. The number of anilines is 1. The third-order valence-electron chi connectivity index (χ3n) is 1.74. The highest BCUT2D eigenvalue weighted by Crippen LogP contribution is 2.27. The number of aromatic nitrogens is 2. The molecular formula is C7H13N5. The van der Waals surface area contributed by atoms with E-state index in [9.17, 15) is 0 Å². The topological polar surface area (TPSA) is 54.6 Å². The van der Waals surface area contributed by atoms with Gasteiger partial charge in [0.15, 0.2) is 5.82 Å². The minimum atomic E-state index is 0.764. The molecule has 0 unspecified atom stereocenters. The van der Waals surface area contributed by atoms with E-state index in [0.717, 1.165) is 17.2 Å². The fraction of sp³-hybridized carbons (Fsp3) is 0.571. The molecule has 0 saturated carbocycles. The lowest BCUT2D eigenvalue weighted by molar-refractivity contribution is 0.742. The van der Waals surface area contributed by atoms with Crippen molar-refractivity contribution in [3.05, 3.63) is 5.69 Å². The standard InChI is InChI=1S/C7H13N5/c1-5-6(10-9-3)7(8-2)11-12(5)4/h1-4H3,(H,8,11). The second-order valence-corrected chi connectivity index (χ2v) is 2.46. The van der Waals surface area contributed by atoms with Gasteiger partial charge in [0.2, 0.25) is 0 Å². The summed E-state index contributed by atoms with van der Waals surface area (Å²) in [4.78, 5) is 0. The first kappa shape index (κ1) is 8.70. The smallest absolute Gasteiger partial charge is 0.175 e. The Balaban J connectivity index is 3.21. The van der Waals surface area contributed by atoms with Crippen LogP contribution in [0.3, 0.4) is 0 Å². The molecule has 1 heterocycles. The van der Waals surface area contributed by atoms with Gasteiger partial charge in [0, 0.05) is 21.1 Å². The quantitative estimate of drug-likeness (QED) is 0.678. The average molecular weight is 167 g/mol. The predicted octanol–water partition coefficient (Wildman–Crippen LogP) is 1.48.